The Morgan fingerprint density at radius 2 is 2.11 bits per heavy atom. The van der Waals surface area contributed by atoms with E-state index >= 15 is 0 Å². The molecule has 0 fully saturated rings. The van der Waals surface area contributed by atoms with Crippen LogP contribution in [0.5, 0.6) is 0 Å². The predicted molar refractivity (Wildman–Crippen MR) is 69.8 cm³/mol. The highest BCUT2D eigenvalue weighted by Gasteiger charge is 2.06. The van der Waals surface area contributed by atoms with Crippen molar-refractivity contribution < 1.29 is 18.7 Å². The van der Waals surface area contributed by atoms with E-state index in [1.165, 1.54) is 6.07 Å². The van der Waals surface area contributed by atoms with Crippen LogP contribution >= 0.6 is 0 Å². The van der Waals surface area contributed by atoms with Crippen LogP contribution in [0, 0.1) is 11.6 Å². The van der Waals surface area contributed by atoms with Crippen molar-refractivity contribution in [3.63, 3.8) is 0 Å². The number of hydrogen-bond acceptors (Lipinski definition) is 2. The molecule has 0 radical (unpaired) electrons. The Morgan fingerprint density at radius 3 is 2.68 bits per heavy atom. The van der Waals surface area contributed by atoms with Crippen molar-refractivity contribution in [1.29, 1.82) is 0 Å². The summed E-state index contributed by atoms with van der Waals surface area (Å²) >= 11 is 0. The minimum absolute atomic E-state index is 0.0318. The van der Waals surface area contributed by atoms with Crippen LogP contribution < -0.4 is 0 Å². The lowest BCUT2D eigenvalue weighted by Crippen LogP contribution is -2.30. The molecule has 0 aliphatic carbocycles. The number of carbonyl (C=O) groups is 1. The molecule has 0 aliphatic heterocycles. The highest BCUT2D eigenvalue weighted by molar-refractivity contribution is 5.69. The number of rotatable bonds is 7. The molecule has 0 bridgehead atoms. The Balaban J connectivity index is 2.59. The molecule has 0 amide bonds. The SMILES string of the molecule is CCCN(C/C=C/c1ccc(F)c(F)c1)CC(=O)O. The molecular formula is C14H17F2NO2. The van der Waals surface area contributed by atoms with E-state index in [0.29, 0.717) is 18.7 Å². The van der Waals surface area contributed by atoms with E-state index < -0.39 is 17.6 Å². The van der Waals surface area contributed by atoms with Gasteiger partial charge in [0.15, 0.2) is 11.6 Å². The van der Waals surface area contributed by atoms with Gasteiger partial charge in [0.25, 0.3) is 0 Å². The van der Waals surface area contributed by atoms with Crippen LogP contribution in [0.1, 0.15) is 18.9 Å². The lowest BCUT2D eigenvalue weighted by atomic mass is 10.2. The summed E-state index contributed by atoms with van der Waals surface area (Å²) in [6, 6.07) is 3.64. The summed E-state index contributed by atoms with van der Waals surface area (Å²) in [5.41, 5.74) is 0.547. The standard InChI is InChI=1S/C14H17F2NO2/c1-2-7-17(10-14(18)19)8-3-4-11-5-6-12(15)13(16)9-11/h3-6,9H,2,7-8,10H2,1H3,(H,18,19)/b4-3+. The van der Waals surface area contributed by atoms with E-state index in [4.69, 9.17) is 5.11 Å². The molecule has 1 rings (SSSR count). The second kappa shape index (κ2) is 7.63. The van der Waals surface area contributed by atoms with Crippen LogP contribution in [-0.4, -0.2) is 35.6 Å². The first kappa shape index (κ1) is 15.3. The maximum atomic E-state index is 13.0. The van der Waals surface area contributed by atoms with E-state index in [2.05, 4.69) is 0 Å². The van der Waals surface area contributed by atoms with Crippen LogP contribution in [0.4, 0.5) is 8.78 Å². The molecular weight excluding hydrogens is 252 g/mol. The number of benzene rings is 1. The fourth-order valence-corrected chi connectivity index (χ4v) is 1.70. The van der Waals surface area contributed by atoms with Crippen molar-refractivity contribution in [3.05, 3.63) is 41.5 Å². The van der Waals surface area contributed by atoms with Crippen molar-refractivity contribution in [2.75, 3.05) is 19.6 Å². The summed E-state index contributed by atoms with van der Waals surface area (Å²) in [5.74, 6) is -2.65. The Kier molecular flexibility index (Phi) is 6.15. The zero-order valence-electron chi connectivity index (χ0n) is 10.8. The van der Waals surface area contributed by atoms with Gasteiger partial charge in [-0.3, -0.25) is 9.69 Å². The molecule has 1 aromatic carbocycles. The van der Waals surface area contributed by atoms with Crippen LogP contribution in [0.3, 0.4) is 0 Å². The topological polar surface area (TPSA) is 40.5 Å². The van der Waals surface area contributed by atoms with Crippen LogP contribution in [0.2, 0.25) is 0 Å². The smallest absolute Gasteiger partial charge is 0.317 e. The number of nitrogens with zero attached hydrogens (tertiary/aromatic N) is 1. The van der Waals surface area contributed by atoms with Crippen molar-refractivity contribution >= 4 is 12.0 Å². The first-order chi connectivity index (χ1) is 9.02. The summed E-state index contributed by atoms with van der Waals surface area (Å²) in [7, 11) is 0. The summed E-state index contributed by atoms with van der Waals surface area (Å²) in [5, 5.41) is 8.74. The lowest BCUT2D eigenvalue weighted by molar-refractivity contribution is -0.138. The summed E-state index contributed by atoms with van der Waals surface area (Å²) in [6.45, 7) is 3.07. The van der Waals surface area contributed by atoms with Gasteiger partial charge in [-0.2, -0.15) is 0 Å². The van der Waals surface area contributed by atoms with Crippen LogP contribution in [0.25, 0.3) is 6.08 Å². The van der Waals surface area contributed by atoms with Gasteiger partial charge in [-0.05, 0) is 30.7 Å². The number of carboxylic acids is 1. The molecule has 3 nitrogen and oxygen atoms in total. The molecule has 0 saturated heterocycles. The highest BCUT2D eigenvalue weighted by atomic mass is 19.2. The maximum absolute atomic E-state index is 13.0. The molecule has 5 heteroatoms. The molecule has 19 heavy (non-hydrogen) atoms. The quantitative estimate of drug-likeness (QED) is 0.827. The minimum atomic E-state index is -0.891. The van der Waals surface area contributed by atoms with Crippen LogP contribution in [-0.2, 0) is 4.79 Å². The summed E-state index contributed by atoms with van der Waals surface area (Å²) in [4.78, 5) is 12.4. The second-order valence-corrected chi connectivity index (χ2v) is 4.20. The summed E-state index contributed by atoms with van der Waals surface area (Å²) in [6.07, 6.45) is 4.24. The zero-order chi connectivity index (χ0) is 14.3. The largest absolute Gasteiger partial charge is 0.480 e. The molecule has 104 valence electrons. The molecule has 1 N–H and O–H groups in total. The van der Waals surface area contributed by atoms with Gasteiger partial charge < -0.3 is 5.11 Å². The first-order valence-corrected chi connectivity index (χ1v) is 6.08. The van der Waals surface area contributed by atoms with Gasteiger partial charge in [0, 0.05) is 6.54 Å². The summed E-state index contributed by atoms with van der Waals surface area (Å²) < 4.78 is 25.7. The average molecular weight is 269 g/mol. The minimum Gasteiger partial charge on any atom is -0.480 e. The van der Waals surface area contributed by atoms with Gasteiger partial charge in [0.1, 0.15) is 0 Å². The van der Waals surface area contributed by atoms with E-state index in [9.17, 15) is 13.6 Å². The third-order valence-corrected chi connectivity index (χ3v) is 2.52. The van der Waals surface area contributed by atoms with Gasteiger partial charge in [-0.1, -0.05) is 25.1 Å². The fraction of sp³-hybridized carbons (Fsp3) is 0.357. The molecule has 0 unspecified atom stereocenters. The van der Waals surface area contributed by atoms with Crippen molar-refractivity contribution in [2.45, 2.75) is 13.3 Å². The average Bonchev–Trinajstić information content (AvgIpc) is 2.33. The molecule has 0 saturated carbocycles. The predicted octanol–water partition coefficient (Wildman–Crippen LogP) is 2.77. The highest BCUT2D eigenvalue weighted by Crippen LogP contribution is 2.10. The molecule has 1 aromatic rings. The van der Waals surface area contributed by atoms with Crippen LogP contribution in [0.15, 0.2) is 24.3 Å². The third-order valence-electron chi connectivity index (χ3n) is 2.52. The van der Waals surface area contributed by atoms with E-state index in [1.54, 1.807) is 17.1 Å². The Hall–Kier alpha value is -1.75. The normalized spacial score (nSPS) is 11.4. The fourth-order valence-electron chi connectivity index (χ4n) is 1.70. The number of hydrogen-bond donors (Lipinski definition) is 1. The van der Waals surface area contributed by atoms with E-state index in [1.807, 2.05) is 6.92 Å². The van der Waals surface area contributed by atoms with Crippen molar-refractivity contribution in [1.82, 2.24) is 4.90 Å². The van der Waals surface area contributed by atoms with Gasteiger partial charge in [-0.15, -0.1) is 0 Å². The van der Waals surface area contributed by atoms with Crippen molar-refractivity contribution in [3.8, 4) is 0 Å². The van der Waals surface area contributed by atoms with E-state index in [-0.39, 0.29) is 6.54 Å². The number of halogens is 2. The molecule has 0 atom stereocenters. The second-order valence-electron chi connectivity index (χ2n) is 4.20. The Morgan fingerprint density at radius 1 is 1.37 bits per heavy atom. The Labute approximate surface area is 111 Å². The number of aliphatic carboxylic acids is 1. The molecule has 0 aliphatic rings. The Bertz CT molecular complexity index is 461. The molecule has 0 aromatic heterocycles. The monoisotopic (exact) mass is 269 g/mol. The third kappa shape index (κ3) is 5.61. The van der Waals surface area contributed by atoms with Gasteiger partial charge in [0.05, 0.1) is 6.54 Å². The first-order valence-electron chi connectivity index (χ1n) is 6.08. The van der Waals surface area contributed by atoms with Gasteiger partial charge in [-0.25, -0.2) is 8.78 Å². The molecule has 0 spiro atoms. The lowest BCUT2D eigenvalue weighted by Gasteiger charge is -2.16. The van der Waals surface area contributed by atoms with Gasteiger partial charge in [0.2, 0.25) is 0 Å². The van der Waals surface area contributed by atoms with Gasteiger partial charge >= 0.3 is 5.97 Å². The zero-order valence-corrected chi connectivity index (χ0v) is 10.8. The maximum Gasteiger partial charge on any atom is 0.317 e. The van der Waals surface area contributed by atoms with E-state index in [0.717, 1.165) is 18.6 Å². The molecule has 0 heterocycles. The van der Waals surface area contributed by atoms with Crippen molar-refractivity contribution in [2.24, 2.45) is 0 Å². The number of carboxylic acid groups (broad SMARTS) is 1.